The van der Waals surface area contributed by atoms with Crippen LogP contribution in [-0.4, -0.2) is 13.4 Å². The fourth-order valence-corrected chi connectivity index (χ4v) is 1.03. The van der Waals surface area contributed by atoms with Crippen molar-refractivity contribution in [3.63, 3.8) is 0 Å². The van der Waals surface area contributed by atoms with Crippen LogP contribution in [0.1, 0.15) is 0 Å². The number of ether oxygens (including phenoxy) is 1. The molecule has 1 aromatic rings. The number of rotatable bonds is 4. The lowest BCUT2D eigenvalue weighted by Gasteiger charge is -2.15. The molecule has 0 amide bonds. The van der Waals surface area contributed by atoms with Crippen LogP contribution in [0.3, 0.4) is 0 Å². The highest BCUT2D eigenvalue weighted by molar-refractivity contribution is 5.47. The molecule has 0 saturated carbocycles. The molecule has 16 heavy (non-hydrogen) atoms. The average Bonchev–Trinajstić information content (AvgIpc) is 2.20. The summed E-state index contributed by atoms with van der Waals surface area (Å²) in [6.45, 7) is 0. The highest BCUT2D eigenvalue weighted by Crippen LogP contribution is 2.24. The monoisotopic (exact) mass is 234 g/mol. The molecular weight excluding hydrogens is 225 g/mol. The topological polar surface area (TPSA) is 60.7 Å². The predicted molar refractivity (Wildman–Crippen MR) is 49.8 cm³/mol. The van der Waals surface area contributed by atoms with Crippen LogP contribution >= 0.6 is 0 Å². The number of benzene rings is 1. The van der Waals surface area contributed by atoms with Crippen molar-refractivity contribution >= 4 is 5.69 Å². The van der Waals surface area contributed by atoms with Crippen molar-refractivity contribution in [2.45, 2.75) is 6.36 Å². The Kier molecular flexibility index (Phi) is 3.67. The fourth-order valence-electron chi connectivity index (χ4n) is 1.03. The number of halogens is 3. The molecule has 0 aromatic heterocycles. The van der Waals surface area contributed by atoms with Crippen LogP contribution in [0.2, 0.25) is 0 Å². The smallest absolute Gasteiger partial charge is 0.406 e. The Hall–Kier alpha value is -1.83. The molecule has 88 valence electrons. The third-order valence-corrected chi connectivity index (χ3v) is 1.63. The number of nitrogens with zero attached hydrogens (tertiary/aromatic N) is 2. The Morgan fingerprint density at radius 1 is 1.31 bits per heavy atom. The lowest BCUT2D eigenvalue weighted by molar-refractivity contribution is -0.274. The average molecular weight is 234 g/mol. The standard InChI is InChI=1S/C8H9F3N4O/c1-13-15(14-12)6-2-4-7(5-3-6)16-8(9,10)11/h2-5,12-13H,1H3. The van der Waals surface area contributed by atoms with Gasteiger partial charge in [0.15, 0.2) is 0 Å². The quantitative estimate of drug-likeness (QED) is 0.621. The molecular formula is C8H9F3N4O. The minimum absolute atomic E-state index is 0.322. The first-order valence-electron chi connectivity index (χ1n) is 4.17. The second-order valence-corrected chi connectivity index (χ2v) is 2.68. The SMILES string of the molecule is CNN(N=N)c1ccc(OC(F)(F)F)cc1. The van der Waals surface area contributed by atoms with Gasteiger partial charge in [0, 0.05) is 7.05 Å². The second kappa shape index (κ2) is 4.79. The van der Waals surface area contributed by atoms with Crippen molar-refractivity contribution in [3.05, 3.63) is 24.3 Å². The third kappa shape index (κ3) is 3.39. The first-order chi connectivity index (χ1) is 7.46. The van der Waals surface area contributed by atoms with Crippen LogP contribution in [0.5, 0.6) is 5.75 Å². The van der Waals surface area contributed by atoms with Crippen molar-refractivity contribution in [2.24, 2.45) is 5.22 Å². The van der Waals surface area contributed by atoms with E-state index in [4.69, 9.17) is 5.53 Å². The molecule has 8 heteroatoms. The number of alkyl halides is 3. The largest absolute Gasteiger partial charge is 0.573 e. The minimum Gasteiger partial charge on any atom is -0.406 e. The molecule has 0 atom stereocenters. The summed E-state index contributed by atoms with van der Waals surface area (Å²) in [5.74, 6) is -0.322. The molecule has 0 fully saturated rings. The first kappa shape index (κ1) is 12.2. The summed E-state index contributed by atoms with van der Waals surface area (Å²) < 4.78 is 39.2. The van der Waals surface area contributed by atoms with Gasteiger partial charge in [0.05, 0.1) is 5.69 Å². The van der Waals surface area contributed by atoms with Gasteiger partial charge in [-0.15, -0.1) is 13.2 Å². The highest BCUT2D eigenvalue weighted by Gasteiger charge is 2.30. The maximum absolute atomic E-state index is 11.8. The first-order valence-corrected chi connectivity index (χ1v) is 4.17. The highest BCUT2D eigenvalue weighted by atomic mass is 19.4. The summed E-state index contributed by atoms with van der Waals surface area (Å²) in [5.41, 5.74) is 9.75. The Balaban J connectivity index is 2.78. The number of hydrogen-bond donors (Lipinski definition) is 2. The molecule has 1 aromatic carbocycles. The maximum Gasteiger partial charge on any atom is 0.573 e. The zero-order chi connectivity index (χ0) is 12.2. The molecule has 0 unspecified atom stereocenters. The Labute approximate surface area is 89.3 Å². The number of hydrazine groups is 1. The molecule has 0 aliphatic rings. The number of anilines is 1. The minimum atomic E-state index is -4.70. The Bertz CT molecular complexity index is 351. The molecule has 0 aliphatic carbocycles. The van der Waals surface area contributed by atoms with E-state index in [-0.39, 0.29) is 5.75 Å². The van der Waals surface area contributed by atoms with Crippen LogP contribution in [-0.2, 0) is 0 Å². The van der Waals surface area contributed by atoms with Gasteiger partial charge >= 0.3 is 6.36 Å². The second-order valence-electron chi connectivity index (χ2n) is 2.68. The van der Waals surface area contributed by atoms with Gasteiger partial charge in [-0.3, -0.25) is 0 Å². The zero-order valence-corrected chi connectivity index (χ0v) is 8.25. The summed E-state index contributed by atoms with van der Waals surface area (Å²) in [4.78, 5) is 0. The van der Waals surface area contributed by atoms with E-state index in [0.717, 1.165) is 17.3 Å². The summed E-state index contributed by atoms with van der Waals surface area (Å²) in [5, 5.41) is 4.17. The van der Waals surface area contributed by atoms with Gasteiger partial charge in [-0.1, -0.05) is 5.22 Å². The van der Waals surface area contributed by atoms with Crippen molar-refractivity contribution in [1.82, 2.24) is 5.43 Å². The molecule has 2 N–H and O–H groups in total. The van der Waals surface area contributed by atoms with E-state index in [2.05, 4.69) is 15.4 Å². The van der Waals surface area contributed by atoms with Crippen molar-refractivity contribution in [1.29, 1.82) is 5.53 Å². The Morgan fingerprint density at radius 2 is 1.88 bits per heavy atom. The van der Waals surface area contributed by atoms with E-state index in [1.165, 1.54) is 19.2 Å². The third-order valence-electron chi connectivity index (χ3n) is 1.63. The van der Waals surface area contributed by atoms with Crippen LogP contribution < -0.4 is 15.3 Å². The van der Waals surface area contributed by atoms with E-state index in [0.29, 0.717) is 5.69 Å². The van der Waals surface area contributed by atoms with E-state index >= 15 is 0 Å². The van der Waals surface area contributed by atoms with Crippen molar-refractivity contribution in [3.8, 4) is 5.75 Å². The van der Waals surface area contributed by atoms with Gasteiger partial charge in [-0.05, 0) is 24.3 Å². The van der Waals surface area contributed by atoms with E-state index < -0.39 is 6.36 Å². The molecule has 0 spiro atoms. The van der Waals surface area contributed by atoms with Crippen LogP contribution in [0.25, 0.3) is 0 Å². The van der Waals surface area contributed by atoms with E-state index in [9.17, 15) is 13.2 Å². The summed E-state index contributed by atoms with van der Waals surface area (Å²) in [7, 11) is 1.53. The molecule has 0 heterocycles. The molecule has 1 rings (SSSR count). The van der Waals surface area contributed by atoms with E-state index in [1.807, 2.05) is 0 Å². The maximum atomic E-state index is 11.8. The fraction of sp³-hybridized carbons (Fsp3) is 0.250. The number of nitrogens with one attached hydrogen (secondary N) is 2. The molecule has 0 radical (unpaired) electrons. The molecule has 0 bridgehead atoms. The normalized spacial score (nSPS) is 11.0. The van der Waals surface area contributed by atoms with Gasteiger partial charge in [0.25, 0.3) is 0 Å². The zero-order valence-electron chi connectivity index (χ0n) is 8.25. The van der Waals surface area contributed by atoms with Gasteiger partial charge < -0.3 is 4.74 Å². The van der Waals surface area contributed by atoms with Gasteiger partial charge in [0.1, 0.15) is 5.75 Å². The van der Waals surface area contributed by atoms with Crippen LogP contribution in [0.4, 0.5) is 18.9 Å². The molecule has 0 saturated heterocycles. The van der Waals surface area contributed by atoms with Gasteiger partial charge in [0.2, 0.25) is 0 Å². The molecule has 0 aliphatic heterocycles. The van der Waals surface area contributed by atoms with Crippen molar-refractivity contribution in [2.75, 3.05) is 12.2 Å². The van der Waals surface area contributed by atoms with Crippen LogP contribution in [0.15, 0.2) is 29.5 Å². The summed E-state index contributed by atoms with van der Waals surface area (Å²) in [6, 6.07) is 4.96. The van der Waals surface area contributed by atoms with Gasteiger partial charge in [-0.25, -0.2) is 5.43 Å². The van der Waals surface area contributed by atoms with Gasteiger partial charge in [-0.2, -0.15) is 10.6 Å². The van der Waals surface area contributed by atoms with E-state index in [1.54, 1.807) is 0 Å². The van der Waals surface area contributed by atoms with Crippen molar-refractivity contribution < 1.29 is 17.9 Å². The summed E-state index contributed by atoms with van der Waals surface area (Å²) >= 11 is 0. The van der Waals surface area contributed by atoms with Crippen LogP contribution in [0, 0.1) is 5.53 Å². The summed E-state index contributed by atoms with van der Waals surface area (Å²) in [6.07, 6.45) is -4.70. The number of hydrogen-bond acceptors (Lipinski definition) is 4. The lowest BCUT2D eigenvalue weighted by Crippen LogP contribution is -2.28. The lowest BCUT2D eigenvalue weighted by atomic mass is 10.3. The Morgan fingerprint density at radius 3 is 2.25 bits per heavy atom. The predicted octanol–water partition coefficient (Wildman–Crippen LogP) is 2.47. The molecule has 5 nitrogen and oxygen atoms in total.